The first-order chi connectivity index (χ1) is 11.8. The fraction of sp³-hybridized carbons (Fsp3) is 0.118. The highest BCUT2D eigenvalue weighted by molar-refractivity contribution is 6.36. The molecule has 1 N–H and O–H groups in total. The van der Waals surface area contributed by atoms with E-state index in [1.165, 1.54) is 37.5 Å². The number of anilines is 1. The van der Waals surface area contributed by atoms with Gasteiger partial charge in [0.1, 0.15) is 5.75 Å². The zero-order chi connectivity index (χ0) is 18.6. The second kappa shape index (κ2) is 8.00. The number of carbonyl (C=O) groups excluding carboxylic acids is 1. The van der Waals surface area contributed by atoms with Gasteiger partial charge in [-0.05, 0) is 36.8 Å². The summed E-state index contributed by atoms with van der Waals surface area (Å²) in [7, 11) is 1.47. The van der Waals surface area contributed by atoms with Gasteiger partial charge in [0.15, 0.2) is 0 Å². The molecule has 6 nitrogen and oxygen atoms in total. The largest absolute Gasteiger partial charge is 0.495 e. The molecule has 2 aromatic carbocycles. The first-order valence-electron chi connectivity index (χ1n) is 7.09. The normalized spacial score (nSPS) is 10.7. The van der Waals surface area contributed by atoms with E-state index in [0.29, 0.717) is 32.6 Å². The Labute approximate surface area is 154 Å². The van der Waals surface area contributed by atoms with Gasteiger partial charge >= 0.3 is 0 Å². The fourth-order valence-corrected chi connectivity index (χ4v) is 2.75. The Kier molecular flexibility index (Phi) is 6.01. The van der Waals surface area contributed by atoms with Gasteiger partial charge in [-0.15, -0.1) is 0 Å². The molecule has 0 saturated carbocycles. The van der Waals surface area contributed by atoms with Crippen molar-refractivity contribution < 1.29 is 14.5 Å². The lowest BCUT2D eigenvalue weighted by Crippen LogP contribution is -2.09. The number of nitro benzene ring substituents is 1. The molecular formula is C17H14Cl2N2O4. The summed E-state index contributed by atoms with van der Waals surface area (Å²) in [4.78, 5) is 22.3. The molecule has 130 valence electrons. The monoisotopic (exact) mass is 380 g/mol. The predicted octanol–water partition coefficient (Wildman–Crippen LogP) is 4.87. The van der Waals surface area contributed by atoms with Crippen LogP contribution >= 0.6 is 23.2 Å². The van der Waals surface area contributed by atoms with Crippen molar-refractivity contribution in [1.29, 1.82) is 0 Å². The molecule has 0 aliphatic heterocycles. The minimum absolute atomic E-state index is 0.0376. The number of aryl methyl sites for hydroxylation is 1. The van der Waals surface area contributed by atoms with Gasteiger partial charge in [-0.1, -0.05) is 23.2 Å². The number of nitrogens with zero attached hydrogens (tertiary/aromatic N) is 1. The summed E-state index contributed by atoms with van der Waals surface area (Å²) in [5.74, 6) is -0.00302. The minimum atomic E-state index is -0.492. The predicted molar refractivity (Wildman–Crippen MR) is 98.5 cm³/mol. The van der Waals surface area contributed by atoms with Crippen LogP contribution in [-0.2, 0) is 4.79 Å². The Morgan fingerprint density at radius 3 is 2.60 bits per heavy atom. The van der Waals surface area contributed by atoms with Gasteiger partial charge in [0.2, 0.25) is 5.91 Å². The van der Waals surface area contributed by atoms with E-state index >= 15 is 0 Å². The molecule has 0 unspecified atom stereocenters. The SMILES string of the molecule is COc1c(Cl)cc(Cl)cc1/C=C/C(=O)Nc1ccc([N+](=O)[O-])cc1C. The van der Waals surface area contributed by atoms with E-state index in [2.05, 4.69) is 5.32 Å². The van der Waals surface area contributed by atoms with Crippen LogP contribution in [0.1, 0.15) is 11.1 Å². The van der Waals surface area contributed by atoms with E-state index in [-0.39, 0.29) is 5.69 Å². The molecule has 0 spiro atoms. The summed E-state index contributed by atoms with van der Waals surface area (Å²) in [5.41, 5.74) is 1.58. The zero-order valence-electron chi connectivity index (χ0n) is 13.4. The van der Waals surface area contributed by atoms with Crippen LogP contribution in [0.2, 0.25) is 10.0 Å². The van der Waals surface area contributed by atoms with E-state index in [0.717, 1.165) is 0 Å². The number of non-ortho nitro benzene ring substituents is 1. The number of ether oxygens (including phenoxy) is 1. The van der Waals surface area contributed by atoms with E-state index in [1.807, 2.05) is 0 Å². The second-order valence-electron chi connectivity index (χ2n) is 5.09. The van der Waals surface area contributed by atoms with Crippen LogP contribution in [0.5, 0.6) is 5.75 Å². The average molecular weight is 381 g/mol. The van der Waals surface area contributed by atoms with Gasteiger partial charge in [0.05, 0.1) is 17.1 Å². The first-order valence-corrected chi connectivity index (χ1v) is 7.84. The average Bonchev–Trinajstić information content (AvgIpc) is 2.54. The molecule has 0 saturated heterocycles. The van der Waals surface area contributed by atoms with Crippen LogP contribution < -0.4 is 10.1 Å². The van der Waals surface area contributed by atoms with Crippen LogP contribution in [0.15, 0.2) is 36.4 Å². The molecule has 0 aliphatic carbocycles. The number of methoxy groups -OCH3 is 1. The van der Waals surface area contributed by atoms with E-state index in [1.54, 1.807) is 19.1 Å². The maximum atomic E-state index is 12.1. The van der Waals surface area contributed by atoms with Gasteiger partial charge in [-0.3, -0.25) is 14.9 Å². The van der Waals surface area contributed by atoms with Crippen molar-refractivity contribution in [1.82, 2.24) is 0 Å². The van der Waals surface area contributed by atoms with Crippen molar-refractivity contribution in [3.05, 3.63) is 67.7 Å². The smallest absolute Gasteiger partial charge is 0.269 e. The van der Waals surface area contributed by atoms with Gasteiger partial charge in [-0.25, -0.2) is 0 Å². The highest BCUT2D eigenvalue weighted by Gasteiger charge is 2.10. The highest BCUT2D eigenvalue weighted by atomic mass is 35.5. The second-order valence-corrected chi connectivity index (χ2v) is 5.93. The van der Waals surface area contributed by atoms with Crippen molar-refractivity contribution >= 4 is 46.6 Å². The Morgan fingerprint density at radius 2 is 2.00 bits per heavy atom. The molecule has 0 radical (unpaired) electrons. The molecule has 0 fully saturated rings. The molecule has 0 aliphatic rings. The van der Waals surface area contributed by atoms with Crippen LogP contribution in [0.4, 0.5) is 11.4 Å². The maximum Gasteiger partial charge on any atom is 0.269 e. The number of nitrogens with one attached hydrogen (secondary N) is 1. The van der Waals surface area contributed by atoms with Crippen molar-refractivity contribution in [3.63, 3.8) is 0 Å². The van der Waals surface area contributed by atoms with Crippen molar-refractivity contribution in [2.75, 3.05) is 12.4 Å². The summed E-state index contributed by atoms with van der Waals surface area (Å²) in [6, 6.07) is 7.36. The fourth-order valence-electron chi connectivity index (χ4n) is 2.16. The van der Waals surface area contributed by atoms with E-state index in [4.69, 9.17) is 27.9 Å². The number of hydrogen-bond donors (Lipinski definition) is 1. The maximum absolute atomic E-state index is 12.1. The third-order valence-electron chi connectivity index (χ3n) is 3.33. The van der Waals surface area contributed by atoms with E-state index in [9.17, 15) is 14.9 Å². The molecule has 2 rings (SSSR count). The third kappa shape index (κ3) is 4.71. The molecule has 0 atom stereocenters. The van der Waals surface area contributed by atoms with Gasteiger partial charge in [0, 0.05) is 34.5 Å². The van der Waals surface area contributed by atoms with Crippen molar-refractivity contribution in [3.8, 4) is 5.75 Å². The molecule has 2 aromatic rings. The van der Waals surface area contributed by atoms with Crippen LogP contribution in [-0.4, -0.2) is 17.9 Å². The number of carbonyl (C=O) groups is 1. The highest BCUT2D eigenvalue weighted by Crippen LogP contribution is 2.33. The Bertz CT molecular complexity index is 866. The van der Waals surface area contributed by atoms with Gasteiger partial charge in [0.25, 0.3) is 5.69 Å². The van der Waals surface area contributed by atoms with Crippen molar-refractivity contribution in [2.24, 2.45) is 0 Å². The topological polar surface area (TPSA) is 81.5 Å². The number of halogens is 2. The number of nitro groups is 1. The number of benzene rings is 2. The van der Waals surface area contributed by atoms with Crippen molar-refractivity contribution in [2.45, 2.75) is 6.92 Å². The lowest BCUT2D eigenvalue weighted by atomic mass is 10.1. The molecule has 0 aromatic heterocycles. The molecule has 0 heterocycles. The number of hydrogen-bond acceptors (Lipinski definition) is 4. The Morgan fingerprint density at radius 1 is 1.28 bits per heavy atom. The summed E-state index contributed by atoms with van der Waals surface area (Å²) < 4.78 is 5.20. The van der Waals surface area contributed by atoms with Crippen LogP contribution in [0.25, 0.3) is 6.08 Å². The summed E-state index contributed by atoms with van der Waals surface area (Å²) in [6.07, 6.45) is 2.82. The lowest BCUT2D eigenvalue weighted by Gasteiger charge is -2.08. The standard InChI is InChI=1S/C17H14Cl2N2O4/c1-10-7-13(21(23)24)4-5-15(10)20-16(22)6-3-11-8-12(18)9-14(19)17(11)25-2/h3-9H,1-2H3,(H,20,22)/b6-3+. The summed E-state index contributed by atoms with van der Waals surface area (Å²) in [6.45, 7) is 1.67. The Balaban J connectivity index is 2.18. The number of rotatable bonds is 5. The van der Waals surface area contributed by atoms with Gasteiger partial charge < -0.3 is 10.1 Å². The first kappa shape index (κ1) is 18.8. The van der Waals surface area contributed by atoms with Crippen LogP contribution in [0, 0.1) is 17.0 Å². The summed E-state index contributed by atoms with van der Waals surface area (Å²) in [5, 5.41) is 14.1. The third-order valence-corrected chi connectivity index (χ3v) is 3.83. The molecule has 25 heavy (non-hydrogen) atoms. The number of amides is 1. The van der Waals surface area contributed by atoms with E-state index < -0.39 is 10.8 Å². The minimum Gasteiger partial charge on any atom is -0.495 e. The molecule has 1 amide bonds. The summed E-state index contributed by atoms with van der Waals surface area (Å²) >= 11 is 12.0. The molecular weight excluding hydrogens is 367 g/mol. The quantitative estimate of drug-likeness (QED) is 0.455. The Hall–Kier alpha value is -2.57. The molecule has 8 heteroatoms. The molecule has 0 bridgehead atoms. The zero-order valence-corrected chi connectivity index (χ0v) is 14.9. The lowest BCUT2D eigenvalue weighted by molar-refractivity contribution is -0.384. The van der Waals surface area contributed by atoms with Gasteiger partial charge in [-0.2, -0.15) is 0 Å². The van der Waals surface area contributed by atoms with Crippen LogP contribution in [0.3, 0.4) is 0 Å².